The maximum atomic E-state index is 13.9. The molecule has 2 aromatic rings. The number of nitro groups is 1. The SMILES string of the molecule is CCOc1ccc(NCc2cccc([N+](=O)[O-])c2F)cn1. The second-order valence-electron chi connectivity index (χ2n) is 4.18. The standard InChI is InChI=1S/C14H14FN3O3/c1-2-21-13-7-6-11(9-17-13)16-8-10-4-3-5-12(14(10)15)18(19)20/h3-7,9,16H,2,8H2,1H3. The average molecular weight is 291 g/mol. The van der Waals surface area contributed by atoms with Crippen LogP contribution in [0.3, 0.4) is 0 Å². The number of nitrogens with one attached hydrogen (secondary N) is 1. The molecule has 0 fully saturated rings. The van der Waals surface area contributed by atoms with Gasteiger partial charge in [-0.3, -0.25) is 10.1 Å². The van der Waals surface area contributed by atoms with Crippen LogP contribution < -0.4 is 10.1 Å². The van der Waals surface area contributed by atoms with Crippen LogP contribution in [0.1, 0.15) is 12.5 Å². The lowest BCUT2D eigenvalue weighted by atomic mass is 10.2. The van der Waals surface area contributed by atoms with Crippen LogP contribution in [-0.4, -0.2) is 16.5 Å². The maximum absolute atomic E-state index is 13.9. The maximum Gasteiger partial charge on any atom is 0.305 e. The van der Waals surface area contributed by atoms with E-state index in [1.807, 2.05) is 6.92 Å². The van der Waals surface area contributed by atoms with E-state index in [4.69, 9.17) is 4.74 Å². The summed E-state index contributed by atoms with van der Waals surface area (Å²) < 4.78 is 19.1. The molecular weight excluding hydrogens is 277 g/mol. The lowest BCUT2D eigenvalue weighted by molar-refractivity contribution is -0.387. The minimum absolute atomic E-state index is 0.128. The molecule has 0 saturated carbocycles. The molecule has 1 heterocycles. The molecule has 6 nitrogen and oxygen atoms in total. The monoisotopic (exact) mass is 291 g/mol. The molecule has 110 valence electrons. The van der Waals surface area contributed by atoms with Crippen LogP contribution in [0.4, 0.5) is 15.8 Å². The van der Waals surface area contributed by atoms with Gasteiger partial charge in [0.25, 0.3) is 0 Å². The van der Waals surface area contributed by atoms with Crippen molar-refractivity contribution in [2.75, 3.05) is 11.9 Å². The Kier molecular flexibility index (Phi) is 4.65. The van der Waals surface area contributed by atoms with Gasteiger partial charge in [-0.2, -0.15) is 4.39 Å². The zero-order valence-electron chi connectivity index (χ0n) is 11.4. The first-order valence-electron chi connectivity index (χ1n) is 6.36. The minimum atomic E-state index is -0.825. The zero-order valence-corrected chi connectivity index (χ0v) is 11.4. The van der Waals surface area contributed by atoms with Gasteiger partial charge in [-0.1, -0.05) is 12.1 Å². The van der Waals surface area contributed by atoms with E-state index in [1.165, 1.54) is 12.1 Å². The molecule has 0 amide bonds. The Bertz CT molecular complexity index is 632. The van der Waals surface area contributed by atoms with E-state index in [1.54, 1.807) is 18.3 Å². The first-order chi connectivity index (χ1) is 10.1. The number of aromatic nitrogens is 1. The molecule has 0 aliphatic rings. The molecule has 1 aromatic carbocycles. The zero-order chi connectivity index (χ0) is 15.2. The second-order valence-corrected chi connectivity index (χ2v) is 4.18. The van der Waals surface area contributed by atoms with Gasteiger partial charge in [0.2, 0.25) is 11.7 Å². The molecule has 0 aliphatic heterocycles. The molecule has 0 radical (unpaired) electrons. The fourth-order valence-electron chi connectivity index (χ4n) is 1.76. The highest BCUT2D eigenvalue weighted by Gasteiger charge is 2.16. The molecule has 2 rings (SSSR count). The predicted octanol–water partition coefficient (Wildman–Crippen LogP) is 3.14. The van der Waals surface area contributed by atoms with Crippen LogP contribution in [0.2, 0.25) is 0 Å². The highest BCUT2D eigenvalue weighted by Crippen LogP contribution is 2.21. The molecule has 1 N–H and O–H groups in total. The van der Waals surface area contributed by atoms with Gasteiger partial charge in [0.15, 0.2) is 0 Å². The molecule has 7 heteroatoms. The Labute approximate surface area is 120 Å². The summed E-state index contributed by atoms with van der Waals surface area (Å²) in [5.74, 6) is -0.321. The molecular formula is C14H14FN3O3. The Balaban J connectivity index is 2.06. The number of ether oxygens (including phenoxy) is 1. The van der Waals surface area contributed by atoms with Crippen LogP contribution in [-0.2, 0) is 6.54 Å². The van der Waals surface area contributed by atoms with Crippen LogP contribution >= 0.6 is 0 Å². The average Bonchev–Trinajstić information content (AvgIpc) is 2.48. The predicted molar refractivity (Wildman–Crippen MR) is 75.8 cm³/mol. The van der Waals surface area contributed by atoms with Crippen molar-refractivity contribution in [2.45, 2.75) is 13.5 Å². The van der Waals surface area contributed by atoms with Crippen molar-refractivity contribution in [1.82, 2.24) is 4.98 Å². The topological polar surface area (TPSA) is 77.3 Å². The summed E-state index contributed by atoms with van der Waals surface area (Å²) in [6, 6.07) is 7.52. The number of pyridine rings is 1. The number of nitrogens with zero attached hydrogens (tertiary/aromatic N) is 2. The summed E-state index contributed by atoms with van der Waals surface area (Å²) in [4.78, 5) is 14.0. The number of halogens is 1. The highest BCUT2D eigenvalue weighted by atomic mass is 19.1. The molecule has 0 aliphatic carbocycles. The van der Waals surface area contributed by atoms with Crippen LogP contribution in [0.15, 0.2) is 36.5 Å². The van der Waals surface area contributed by atoms with E-state index in [-0.39, 0.29) is 12.1 Å². The van der Waals surface area contributed by atoms with Gasteiger partial charge in [0.1, 0.15) is 0 Å². The van der Waals surface area contributed by atoms with Gasteiger partial charge < -0.3 is 10.1 Å². The van der Waals surface area contributed by atoms with E-state index in [2.05, 4.69) is 10.3 Å². The Morgan fingerprint density at radius 3 is 2.81 bits per heavy atom. The van der Waals surface area contributed by atoms with E-state index in [9.17, 15) is 14.5 Å². The Morgan fingerprint density at radius 1 is 1.38 bits per heavy atom. The highest BCUT2D eigenvalue weighted by molar-refractivity contribution is 5.44. The Hall–Kier alpha value is -2.70. The number of rotatable bonds is 6. The molecule has 0 spiro atoms. The van der Waals surface area contributed by atoms with Crippen molar-refractivity contribution in [3.05, 3.63) is 58.0 Å². The van der Waals surface area contributed by atoms with E-state index >= 15 is 0 Å². The first kappa shape index (κ1) is 14.7. The lowest BCUT2D eigenvalue weighted by Crippen LogP contribution is -2.04. The van der Waals surface area contributed by atoms with Crippen LogP contribution in [0, 0.1) is 15.9 Å². The summed E-state index contributed by atoms with van der Waals surface area (Å²) in [6.45, 7) is 2.51. The molecule has 21 heavy (non-hydrogen) atoms. The van der Waals surface area contributed by atoms with Gasteiger partial charge in [0, 0.05) is 24.2 Å². The lowest BCUT2D eigenvalue weighted by Gasteiger charge is -2.08. The number of anilines is 1. The van der Waals surface area contributed by atoms with Crippen molar-refractivity contribution < 1.29 is 14.1 Å². The van der Waals surface area contributed by atoms with Crippen molar-refractivity contribution in [3.63, 3.8) is 0 Å². The van der Waals surface area contributed by atoms with Crippen LogP contribution in [0.5, 0.6) is 5.88 Å². The number of hydrogen-bond donors (Lipinski definition) is 1. The van der Waals surface area contributed by atoms with E-state index < -0.39 is 16.4 Å². The third-order valence-corrected chi connectivity index (χ3v) is 2.77. The summed E-state index contributed by atoms with van der Waals surface area (Å²) >= 11 is 0. The number of hydrogen-bond acceptors (Lipinski definition) is 5. The third-order valence-electron chi connectivity index (χ3n) is 2.77. The van der Waals surface area contributed by atoms with Gasteiger partial charge in [-0.15, -0.1) is 0 Å². The summed E-state index contributed by atoms with van der Waals surface area (Å²) in [7, 11) is 0. The van der Waals surface area contributed by atoms with Gasteiger partial charge >= 0.3 is 5.69 Å². The van der Waals surface area contributed by atoms with Crippen molar-refractivity contribution in [1.29, 1.82) is 0 Å². The van der Waals surface area contributed by atoms with Crippen molar-refractivity contribution >= 4 is 11.4 Å². The van der Waals surface area contributed by atoms with Gasteiger partial charge in [-0.25, -0.2) is 4.98 Å². The third kappa shape index (κ3) is 3.65. The van der Waals surface area contributed by atoms with E-state index in [0.717, 1.165) is 6.07 Å². The van der Waals surface area contributed by atoms with Gasteiger partial charge in [-0.05, 0) is 13.0 Å². The summed E-state index contributed by atoms with van der Waals surface area (Å²) in [5, 5.41) is 13.6. The number of benzene rings is 1. The molecule has 0 unspecified atom stereocenters. The molecule has 0 saturated heterocycles. The normalized spacial score (nSPS) is 10.2. The molecule has 1 aromatic heterocycles. The summed E-state index contributed by atoms with van der Waals surface area (Å²) in [5.41, 5.74) is 0.363. The van der Waals surface area contributed by atoms with Crippen LogP contribution in [0.25, 0.3) is 0 Å². The molecule has 0 atom stereocenters. The largest absolute Gasteiger partial charge is 0.478 e. The van der Waals surface area contributed by atoms with Gasteiger partial charge in [0.05, 0.1) is 23.4 Å². The minimum Gasteiger partial charge on any atom is -0.478 e. The second kappa shape index (κ2) is 6.65. The van der Waals surface area contributed by atoms with E-state index in [0.29, 0.717) is 18.2 Å². The van der Waals surface area contributed by atoms with Crippen molar-refractivity contribution in [3.8, 4) is 5.88 Å². The first-order valence-corrected chi connectivity index (χ1v) is 6.36. The number of nitro benzene ring substituents is 1. The van der Waals surface area contributed by atoms with Crippen molar-refractivity contribution in [2.24, 2.45) is 0 Å². The quantitative estimate of drug-likeness (QED) is 0.653. The Morgan fingerprint density at radius 2 is 2.19 bits per heavy atom. The fraction of sp³-hybridized carbons (Fsp3) is 0.214. The fourth-order valence-corrected chi connectivity index (χ4v) is 1.76. The smallest absolute Gasteiger partial charge is 0.305 e. The summed E-state index contributed by atoms with van der Waals surface area (Å²) in [6.07, 6.45) is 1.56. The molecule has 0 bridgehead atoms.